The Bertz CT molecular complexity index is 958. The Morgan fingerprint density at radius 2 is 1.83 bits per heavy atom. The van der Waals surface area contributed by atoms with Gasteiger partial charge in [0.1, 0.15) is 0 Å². The Morgan fingerprint density at radius 3 is 2.62 bits per heavy atom. The van der Waals surface area contributed by atoms with E-state index in [0.717, 1.165) is 33.3 Å². The van der Waals surface area contributed by atoms with Crippen LogP contribution in [0.2, 0.25) is 0 Å². The van der Waals surface area contributed by atoms with Gasteiger partial charge >= 0.3 is 0 Å². The largest absolute Gasteiger partial charge is 0.359 e. The van der Waals surface area contributed by atoms with E-state index in [9.17, 15) is 8.42 Å². The van der Waals surface area contributed by atoms with Crippen LogP contribution in [0.4, 0.5) is 0 Å². The van der Waals surface area contributed by atoms with Crippen LogP contribution in [-0.2, 0) is 22.2 Å². The van der Waals surface area contributed by atoms with Gasteiger partial charge in [-0.15, -0.1) is 0 Å². The molecule has 0 atom stereocenters. The van der Waals surface area contributed by atoms with Gasteiger partial charge in [-0.3, -0.25) is 0 Å². The van der Waals surface area contributed by atoms with Crippen LogP contribution in [0, 0.1) is 13.8 Å². The number of fused-ring (bicyclic) bond motifs is 1. The summed E-state index contributed by atoms with van der Waals surface area (Å²) in [6, 6.07) is 15.9. The maximum absolute atomic E-state index is 12.2. The number of hydrogen-bond acceptors (Lipinski definition) is 2. The fourth-order valence-electron chi connectivity index (χ4n) is 2.91. The summed E-state index contributed by atoms with van der Waals surface area (Å²) in [7, 11) is -3.32. The van der Waals surface area contributed by atoms with E-state index in [0.29, 0.717) is 13.0 Å². The molecular weight excluding hydrogens is 320 g/mol. The molecule has 1 heterocycles. The summed E-state index contributed by atoms with van der Waals surface area (Å²) >= 11 is 0. The topological polar surface area (TPSA) is 62.0 Å². The molecule has 2 aromatic carbocycles. The number of aryl methyl sites for hydroxylation is 2. The standard InChI is InChI=1S/C19H22N2O2S/c1-14-4-3-5-17(10-14)13-24(22,23)20-9-8-16-6-7-19-18(12-16)11-15(2)21-19/h3-7,10-12,20-21H,8-9,13H2,1-2H3. The van der Waals surface area contributed by atoms with E-state index in [4.69, 9.17) is 0 Å². The molecule has 0 radical (unpaired) electrons. The smallest absolute Gasteiger partial charge is 0.215 e. The second-order valence-corrected chi connectivity index (χ2v) is 8.07. The molecule has 126 valence electrons. The average molecular weight is 342 g/mol. The molecule has 3 aromatic rings. The second kappa shape index (κ2) is 6.79. The Balaban J connectivity index is 1.59. The van der Waals surface area contributed by atoms with Crippen molar-refractivity contribution in [2.24, 2.45) is 0 Å². The number of aromatic amines is 1. The van der Waals surface area contributed by atoms with Crippen molar-refractivity contribution in [3.63, 3.8) is 0 Å². The first kappa shape index (κ1) is 16.7. The zero-order valence-electron chi connectivity index (χ0n) is 14.0. The lowest BCUT2D eigenvalue weighted by molar-refractivity contribution is 0.581. The molecule has 0 aliphatic rings. The summed E-state index contributed by atoms with van der Waals surface area (Å²) < 4.78 is 27.1. The van der Waals surface area contributed by atoms with Crippen LogP contribution in [0.15, 0.2) is 48.5 Å². The summed E-state index contributed by atoms with van der Waals surface area (Å²) in [5, 5.41) is 1.16. The van der Waals surface area contributed by atoms with Crippen molar-refractivity contribution < 1.29 is 8.42 Å². The highest BCUT2D eigenvalue weighted by atomic mass is 32.2. The minimum absolute atomic E-state index is 0.0186. The number of nitrogens with one attached hydrogen (secondary N) is 2. The molecule has 0 spiro atoms. The molecule has 0 saturated heterocycles. The molecule has 0 aliphatic carbocycles. The summed E-state index contributed by atoms with van der Waals surface area (Å²) in [6.45, 7) is 4.39. The third kappa shape index (κ3) is 4.24. The first-order chi connectivity index (χ1) is 11.4. The average Bonchev–Trinajstić information content (AvgIpc) is 2.86. The monoisotopic (exact) mass is 342 g/mol. The maximum Gasteiger partial charge on any atom is 0.215 e. The fraction of sp³-hybridized carbons (Fsp3) is 0.263. The number of hydrogen-bond donors (Lipinski definition) is 2. The Labute approximate surface area is 143 Å². The number of aromatic nitrogens is 1. The van der Waals surface area contributed by atoms with Crippen molar-refractivity contribution in [1.82, 2.24) is 9.71 Å². The fourth-order valence-corrected chi connectivity index (χ4v) is 4.04. The quantitative estimate of drug-likeness (QED) is 0.721. The van der Waals surface area contributed by atoms with Gasteiger partial charge in [0.25, 0.3) is 0 Å². The van der Waals surface area contributed by atoms with E-state index in [1.54, 1.807) is 0 Å². The van der Waals surface area contributed by atoms with Crippen LogP contribution in [0.25, 0.3) is 10.9 Å². The summed E-state index contributed by atoms with van der Waals surface area (Å²) in [5.74, 6) is 0.0186. The molecule has 2 N–H and O–H groups in total. The van der Waals surface area contributed by atoms with E-state index < -0.39 is 10.0 Å². The minimum Gasteiger partial charge on any atom is -0.359 e. The van der Waals surface area contributed by atoms with Gasteiger partial charge in [0.2, 0.25) is 10.0 Å². The Morgan fingerprint density at radius 1 is 1.00 bits per heavy atom. The molecule has 0 amide bonds. The molecule has 1 aromatic heterocycles. The number of sulfonamides is 1. The van der Waals surface area contributed by atoms with Gasteiger partial charge in [-0.25, -0.2) is 13.1 Å². The van der Waals surface area contributed by atoms with Crippen LogP contribution in [0.5, 0.6) is 0 Å². The van der Waals surface area contributed by atoms with Crippen LogP contribution >= 0.6 is 0 Å². The highest BCUT2D eigenvalue weighted by Crippen LogP contribution is 2.17. The van der Waals surface area contributed by atoms with Gasteiger partial charge in [-0.1, -0.05) is 35.9 Å². The van der Waals surface area contributed by atoms with Crippen molar-refractivity contribution in [3.8, 4) is 0 Å². The second-order valence-electron chi connectivity index (χ2n) is 6.27. The summed E-state index contributed by atoms with van der Waals surface area (Å²) in [5.41, 5.74) is 5.24. The maximum atomic E-state index is 12.2. The van der Waals surface area contributed by atoms with Crippen molar-refractivity contribution in [1.29, 1.82) is 0 Å². The molecule has 3 rings (SSSR count). The highest BCUT2D eigenvalue weighted by molar-refractivity contribution is 7.88. The van der Waals surface area contributed by atoms with Crippen molar-refractivity contribution in [2.75, 3.05) is 6.54 Å². The van der Waals surface area contributed by atoms with Crippen LogP contribution in [0.1, 0.15) is 22.4 Å². The molecule has 0 aliphatic heterocycles. The molecule has 4 nitrogen and oxygen atoms in total. The highest BCUT2D eigenvalue weighted by Gasteiger charge is 2.11. The molecule has 5 heteroatoms. The van der Waals surface area contributed by atoms with E-state index in [1.165, 1.54) is 0 Å². The molecule has 0 unspecified atom stereocenters. The van der Waals surface area contributed by atoms with E-state index in [1.807, 2.05) is 50.2 Å². The SMILES string of the molecule is Cc1cccc(CS(=O)(=O)NCCc2ccc3[nH]c(C)cc3c2)c1. The molecule has 0 bridgehead atoms. The Kier molecular flexibility index (Phi) is 4.73. The molecule has 0 saturated carbocycles. The van der Waals surface area contributed by atoms with Gasteiger partial charge in [0.15, 0.2) is 0 Å². The van der Waals surface area contributed by atoms with Crippen molar-refractivity contribution in [2.45, 2.75) is 26.0 Å². The van der Waals surface area contributed by atoms with Crippen molar-refractivity contribution in [3.05, 3.63) is 70.9 Å². The Hall–Kier alpha value is -2.11. The molecule has 24 heavy (non-hydrogen) atoms. The number of rotatable bonds is 6. The molecular formula is C19H22N2O2S. The minimum atomic E-state index is -3.32. The normalized spacial score (nSPS) is 11.9. The molecule has 0 fully saturated rings. The van der Waals surface area contributed by atoms with Gasteiger partial charge in [0, 0.05) is 17.8 Å². The predicted molar refractivity (Wildman–Crippen MR) is 98.5 cm³/mol. The zero-order chi connectivity index (χ0) is 17.2. The first-order valence-electron chi connectivity index (χ1n) is 8.02. The van der Waals surface area contributed by atoms with Crippen LogP contribution in [0.3, 0.4) is 0 Å². The van der Waals surface area contributed by atoms with E-state index in [2.05, 4.69) is 21.8 Å². The lowest BCUT2D eigenvalue weighted by Crippen LogP contribution is -2.27. The van der Waals surface area contributed by atoms with Gasteiger partial charge < -0.3 is 4.98 Å². The summed E-state index contributed by atoms with van der Waals surface area (Å²) in [6.07, 6.45) is 0.674. The third-order valence-corrected chi connectivity index (χ3v) is 5.35. The van der Waals surface area contributed by atoms with Gasteiger partial charge in [0.05, 0.1) is 5.75 Å². The van der Waals surface area contributed by atoms with Crippen molar-refractivity contribution >= 4 is 20.9 Å². The number of benzene rings is 2. The van der Waals surface area contributed by atoms with E-state index >= 15 is 0 Å². The van der Waals surface area contributed by atoms with Crippen LogP contribution < -0.4 is 4.72 Å². The first-order valence-corrected chi connectivity index (χ1v) is 9.68. The lowest BCUT2D eigenvalue weighted by Gasteiger charge is -2.08. The van der Waals surface area contributed by atoms with Gasteiger partial charge in [-0.05, 0) is 55.0 Å². The zero-order valence-corrected chi connectivity index (χ0v) is 14.8. The van der Waals surface area contributed by atoms with Gasteiger partial charge in [-0.2, -0.15) is 0 Å². The number of H-pyrrole nitrogens is 1. The predicted octanol–water partition coefficient (Wildman–Crippen LogP) is 3.45. The third-order valence-electron chi connectivity index (χ3n) is 3.99. The lowest BCUT2D eigenvalue weighted by atomic mass is 10.1. The van der Waals surface area contributed by atoms with E-state index in [-0.39, 0.29) is 5.75 Å². The summed E-state index contributed by atoms with van der Waals surface area (Å²) in [4.78, 5) is 3.29. The van der Waals surface area contributed by atoms with Crippen LogP contribution in [-0.4, -0.2) is 19.9 Å².